The molecule has 0 N–H and O–H groups in total. The minimum atomic E-state index is -0.276. The van der Waals surface area contributed by atoms with E-state index in [2.05, 4.69) is 22.5 Å². The zero-order valence-corrected chi connectivity index (χ0v) is 14.1. The predicted molar refractivity (Wildman–Crippen MR) is 88.3 cm³/mol. The maximum atomic E-state index is 11.9. The van der Waals surface area contributed by atoms with E-state index in [-0.39, 0.29) is 11.1 Å². The fraction of sp³-hybridized carbons (Fsp3) is 0.200. The maximum Gasteiger partial charge on any atom is 0.293 e. The van der Waals surface area contributed by atoms with Crippen molar-refractivity contribution in [2.75, 3.05) is 14.2 Å². The molecule has 0 radical (unpaired) electrons. The van der Waals surface area contributed by atoms with E-state index in [0.29, 0.717) is 11.3 Å². The Morgan fingerprint density at radius 2 is 2.14 bits per heavy atom. The Hall–Kier alpha value is -1.53. The summed E-state index contributed by atoms with van der Waals surface area (Å²) in [6, 6.07) is 3.78. The molecule has 1 aromatic carbocycles. The summed E-state index contributed by atoms with van der Waals surface area (Å²) >= 11 is 4.40. The number of benzene rings is 1. The standard InChI is InChI=1S/C15H14BrNO3S/c1-4-5-10-6-9(7-11(16)13(10)20-3)8-12-14(18)17(2)15(19)21-12/h4,6-8H,1,5H2,2-3H3/b12-8-. The Morgan fingerprint density at radius 1 is 1.43 bits per heavy atom. The molecular formula is C15H14BrNO3S. The fourth-order valence-corrected chi connectivity index (χ4v) is 3.50. The van der Waals surface area contributed by atoms with Gasteiger partial charge in [0, 0.05) is 7.05 Å². The van der Waals surface area contributed by atoms with Crippen molar-refractivity contribution >= 4 is 44.9 Å². The Balaban J connectivity index is 2.44. The second kappa shape index (κ2) is 6.49. The molecular weight excluding hydrogens is 354 g/mol. The normalized spacial score (nSPS) is 16.7. The molecule has 110 valence electrons. The minimum absolute atomic E-state index is 0.259. The molecule has 0 aromatic heterocycles. The second-order valence-electron chi connectivity index (χ2n) is 4.43. The van der Waals surface area contributed by atoms with Crippen LogP contribution < -0.4 is 4.74 Å². The minimum Gasteiger partial charge on any atom is -0.495 e. The third-order valence-corrected chi connectivity index (χ3v) is 4.55. The lowest BCUT2D eigenvalue weighted by Gasteiger charge is -2.10. The number of methoxy groups -OCH3 is 1. The largest absolute Gasteiger partial charge is 0.495 e. The molecule has 2 amide bonds. The number of halogens is 1. The molecule has 4 nitrogen and oxygen atoms in total. The van der Waals surface area contributed by atoms with E-state index < -0.39 is 0 Å². The van der Waals surface area contributed by atoms with Crippen molar-refractivity contribution in [1.29, 1.82) is 0 Å². The fourth-order valence-electron chi connectivity index (χ4n) is 1.99. The van der Waals surface area contributed by atoms with Crippen LogP contribution in [0.5, 0.6) is 5.75 Å². The van der Waals surface area contributed by atoms with E-state index in [1.54, 1.807) is 19.3 Å². The van der Waals surface area contributed by atoms with Gasteiger partial charge in [0.15, 0.2) is 0 Å². The summed E-state index contributed by atoms with van der Waals surface area (Å²) < 4.78 is 6.16. The van der Waals surface area contributed by atoms with Crippen LogP contribution in [0, 0.1) is 0 Å². The SMILES string of the molecule is C=CCc1cc(/C=C2\SC(=O)N(C)C2=O)cc(Br)c1OC. The number of amides is 2. The van der Waals surface area contributed by atoms with E-state index in [9.17, 15) is 9.59 Å². The lowest BCUT2D eigenvalue weighted by molar-refractivity contribution is -0.121. The van der Waals surface area contributed by atoms with Crippen LogP contribution in [0.15, 0.2) is 34.2 Å². The number of hydrogen-bond donors (Lipinski definition) is 0. The topological polar surface area (TPSA) is 46.6 Å². The zero-order chi connectivity index (χ0) is 15.6. The Labute approximate surface area is 136 Å². The van der Waals surface area contributed by atoms with Crippen molar-refractivity contribution in [1.82, 2.24) is 4.90 Å². The first-order valence-electron chi connectivity index (χ1n) is 6.16. The van der Waals surface area contributed by atoms with Gasteiger partial charge in [-0.3, -0.25) is 14.5 Å². The summed E-state index contributed by atoms with van der Waals surface area (Å²) in [5, 5.41) is -0.259. The van der Waals surface area contributed by atoms with Gasteiger partial charge in [-0.1, -0.05) is 6.08 Å². The van der Waals surface area contributed by atoms with Crippen LogP contribution in [-0.4, -0.2) is 30.2 Å². The van der Waals surface area contributed by atoms with Crippen LogP contribution in [-0.2, 0) is 11.2 Å². The first-order chi connectivity index (χ1) is 9.97. The van der Waals surface area contributed by atoms with E-state index in [1.165, 1.54) is 7.05 Å². The van der Waals surface area contributed by atoms with Gasteiger partial charge in [0.1, 0.15) is 5.75 Å². The number of ether oxygens (including phenoxy) is 1. The molecule has 0 aliphatic carbocycles. The molecule has 21 heavy (non-hydrogen) atoms. The lowest BCUT2D eigenvalue weighted by Crippen LogP contribution is -2.22. The van der Waals surface area contributed by atoms with Crippen molar-refractivity contribution in [2.24, 2.45) is 0 Å². The van der Waals surface area contributed by atoms with Crippen LogP contribution in [0.1, 0.15) is 11.1 Å². The highest BCUT2D eigenvalue weighted by Crippen LogP contribution is 2.35. The van der Waals surface area contributed by atoms with Crippen LogP contribution in [0.3, 0.4) is 0 Å². The Morgan fingerprint density at radius 3 is 2.67 bits per heavy atom. The average Bonchev–Trinajstić information content (AvgIpc) is 2.67. The summed E-state index contributed by atoms with van der Waals surface area (Å²) in [6.45, 7) is 3.73. The molecule has 2 rings (SSSR count). The molecule has 0 unspecified atom stereocenters. The summed E-state index contributed by atoms with van der Waals surface area (Å²) in [6.07, 6.45) is 4.15. The van der Waals surface area contributed by atoms with E-state index >= 15 is 0 Å². The number of imide groups is 1. The molecule has 1 saturated heterocycles. The maximum absolute atomic E-state index is 11.9. The van der Waals surface area contributed by atoms with Gasteiger partial charge in [0.2, 0.25) is 0 Å². The number of rotatable bonds is 4. The summed E-state index contributed by atoms with van der Waals surface area (Å²) in [5.41, 5.74) is 1.79. The Kier molecular flexibility index (Phi) is 4.90. The van der Waals surface area contributed by atoms with E-state index in [0.717, 1.165) is 38.0 Å². The van der Waals surface area contributed by atoms with Gasteiger partial charge in [0.25, 0.3) is 11.1 Å². The van der Waals surface area contributed by atoms with Crippen molar-refractivity contribution in [3.8, 4) is 5.75 Å². The highest BCUT2D eigenvalue weighted by molar-refractivity contribution is 9.10. The third-order valence-electron chi connectivity index (χ3n) is 3.00. The number of likely N-dealkylation sites (N-methyl/N-ethyl adjacent to an activating group) is 1. The Bertz CT molecular complexity index is 655. The predicted octanol–water partition coefficient (Wildman–Crippen LogP) is 3.85. The van der Waals surface area contributed by atoms with Crippen molar-refractivity contribution in [3.63, 3.8) is 0 Å². The van der Waals surface area contributed by atoms with Crippen molar-refractivity contribution in [2.45, 2.75) is 6.42 Å². The van der Waals surface area contributed by atoms with Crippen LogP contribution in [0.2, 0.25) is 0 Å². The lowest BCUT2D eigenvalue weighted by atomic mass is 10.1. The molecule has 0 bridgehead atoms. The van der Waals surface area contributed by atoms with Crippen LogP contribution >= 0.6 is 27.7 Å². The molecule has 1 aromatic rings. The van der Waals surface area contributed by atoms with Gasteiger partial charge in [-0.05, 0) is 63.4 Å². The third kappa shape index (κ3) is 3.22. The van der Waals surface area contributed by atoms with Crippen molar-refractivity contribution in [3.05, 3.63) is 45.3 Å². The molecule has 6 heteroatoms. The number of carbonyl (C=O) groups is 2. The molecule has 1 aliphatic heterocycles. The molecule has 1 heterocycles. The summed E-state index contributed by atoms with van der Waals surface area (Å²) in [7, 11) is 3.08. The monoisotopic (exact) mass is 367 g/mol. The highest BCUT2D eigenvalue weighted by Gasteiger charge is 2.31. The first-order valence-corrected chi connectivity index (χ1v) is 7.77. The summed E-state index contributed by atoms with van der Waals surface area (Å²) in [4.78, 5) is 24.9. The number of thioether (sulfide) groups is 1. The summed E-state index contributed by atoms with van der Waals surface area (Å²) in [5.74, 6) is 0.470. The number of carbonyl (C=O) groups excluding carboxylic acids is 2. The smallest absolute Gasteiger partial charge is 0.293 e. The molecule has 1 fully saturated rings. The molecule has 1 aliphatic rings. The highest BCUT2D eigenvalue weighted by atomic mass is 79.9. The average molecular weight is 368 g/mol. The second-order valence-corrected chi connectivity index (χ2v) is 6.28. The number of hydrogen-bond acceptors (Lipinski definition) is 4. The zero-order valence-electron chi connectivity index (χ0n) is 11.7. The van der Waals surface area contributed by atoms with Gasteiger partial charge in [0.05, 0.1) is 16.5 Å². The van der Waals surface area contributed by atoms with E-state index in [1.807, 2.05) is 12.1 Å². The van der Waals surface area contributed by atoms with Crippen LogP contribution in [0.25, 0.3) is 6.08 Å². The van der Waals surface area contributed by atoms with Gasteiger partial charge >= 0.3 is 0 Å². The molecule has 0 spiro atoms. The molecule has 0 atom stereocenters. The van der Waals surface area contributed by atoms with Gasteiger partial charge in [-0.15, -0.1) is 6.58 Å². The first kappa shape index (κ1) is 15.9. The van der Waals surface area contributed by atoms with Gasteiger partial charge < -0.3 is 4.74 Å². The van der Waals surface area contributed by atoms with Crippen molar-refractivity contribution < 1.29 is 14.3 Å². The van der Waals surface area contributed by atoms with Gasteiger partial charge in [-0.2, -0.15) is 0 Å². The number of allylic oxidation sites excluding steroid dienone is 1. The number of nitrogens with zero attached hydrogens (tertiary/aromatic N) is 1. The van der Waals surface area contributed by atoms with Gasteiger partial charge in [-0.25, -0.2) is 0 Å². The van der Waals surface area contributed by atoms with E-state index in [4.69, 9.17) is 4.74 Å². The van der Waals surface area contributed by atoms with Crippen LogP contribution in [0.4, 0.5) is 4.79 Å². The molecule has 0 saturated carbocycles. The quantitative estimate of drug-likeness (QED) is 0.598.